The third-order valence-corrected chi connectivity index (χ3v) is 3.54. The van der Waals surface area contributed by atoms with E-state index < -0.39 is 0 Å². The number of aliphatic imine (C=N–C) groups is 1. The summed E-state index contributed by atoms with van der Waals surface area (Å²) >= 11 is 0. The van der Waals surface area contributed by atoms with Crippen LogP contribution >= 0.6 is 0 Å². The molecule has 1 saturated carbocycles. The van der Waals surface area contributed by atoms with Crippen LogP contribution in [0.15, 0.2) is 29.3 Å². The van der Waals surface area contributed by atoms with E-state index in [1.165, 1.54) is 12.8 Å². The summed E-state index contributed by atoms with van der Waals surface area (Å²) in [5, 5.41) is 0. The van der Waals surface area contributed by atoms with Gasteiger partial charge in [-0.25, -0.2) is 4.99 Å². The molecule has 110 valence electrons. The zero-order valence-electron chi connectivity index (χ0n) is 12.5. The van der Waals surface area contributed by atoms with E-state index in [0.717, 1.165) is 30.8 Å². The molecule has 0 aliphatic heterocycles. The molecule has 1 fully saturated rings. The van der Waals surface area contributed by atoms with Gasteiger partial charge in [0.25, 0.3) is 0 Å². The van der Waals surface area contributed by atoms with Gasteiger partial charge in [-0.2, -0.15) is 0 Å². The number of benzene rings is 1. The first kappa shape index (κ1) is 14.7. The van der Waals surface area contributed by atoms with Crippen LogP contribution in [0, 0.1) is 0 Å². The molecular formula is C16H25N3O. The maximum atomic E-state index is 5.99. The van der Waals surface area contributed by atoms with Gasteiger partial charge in [-0.1, -0.05) is 25.5 Å². The first-order chi connectivity index (χ1) is 9.70. The van der Waals surface area contributed by atoms with Gasteiger partial charge in [-0.3, -0.25) is 0 Å². The van der Waals surface area contributed by atoms with Crippen molar-refractivity contribution >= 4 is 5.96 Å². The molecule has 1 aromatic rings. The van der Waals surface area contributed by atoms with E-state index >= 15 is 0 Å². The summed E-state index contributed by atoms with van der Waals surface area (Å²) in [5.74, 6) is 1.55. The van der Waals surface area contributed by atoms with Crippen LogP contribution in [-0.2, 0) is 6.54 Å². The quantitative estimate of drug-likeness (QED) is 0.473. The standard InChI is InChI=1S/C16H25N3O/c1-3-4-10-20-15-7-5-6-13(11-15)12-18-16(17)19(2)14-8-9-14/h5-7,11,14H,3-4,8-10,12H2,1-2H3,(H2,17,18). The predicted octanol–water partition coefficient (Wildman–Crippen LogP) is 2.77. The van der Waals surface area contributed by atoms with Crippen LogP contribution in [0.2, 0.25) is 0 Å². The number of unbranched alkanes of at least 4 members (excludes halogenated alkanes) is 1. The third-order valence-electron chi connectivity index (χ3n) is 3.54. The van der Waals surface area contributed by atoms with E-state index in [-0.39, 0.29) is 0 Å². The van der Waals surface area contributed by atoms with Gasteiger partial charge in [-0.05, 0) is 37.0 Å². The Morgan fingerprint density at radius 1 is 1.45 bits per heavy atom. The summed E-state index contributed by atoms with van der Waals surface area (Å²) in [5.41, 5.74) is 7.12. The van der Waals surface area contributed by atoms with Crippen LogP contribution in [0.1, 0.15) is 38.2 Å². The normalized spacial score (nSPS) is 15.2. The molecule has 0 atom stereocenters. The van der Waals surface area contributed by atoms with Crippen LogP contribution in [0.25, 0.3) is 0 Å². The van der Waals surface area contributed by atoms with E-state index in [1.807, 2.05) is 25.2 Å². The lowest BCUT2D eigenvalue weighted by Crippen LogP contribution is -2.35. The average Bonchev–Trinajstić information content (AvgIpc) is 3.29. The Kier molecular flexibility index (Phi) is 5.27. The molecule has 20 heavy (non-hydrogen) atoms. The van der Waals surface area contributed by atoms with Crippen molar-refractivity contribution in [3.05, 3.63) is 29.8 Å². The fourth-order valence-corrected chi connectivity index (χ4v) is 2.00. The van der Waals surface area contributed by atoms with Crippen molar-refractivity contribution in [2.75, 3.05) is 13.7 Å². The smallest absolute Gasteiger partial charge is 0.191 e. The molecule has 4 nitrogen and oxygen atoms in total. The fraction of sp³-hybridized carbons (Fsp3) is 0.562. The van der Waals surface area contributed by atoms with Gasteiger partial charge < -0.3 is 15.4 Å². The fourth-order valence-electron chi connectivity index (χ4n) is 2.00. The third kappa shape index (κ3) is 4.44. The maximum Gasteiger partial charge on any atom is 0.191 e. The molecule has 1 aromatic carbocycles. The Morgan fingerprint density at radius 2 is 2.25 bits per heavy atom. The predicted molar refractivity (Wildman–Crippen MR) is 83.0 cm³/mol. The van der Waals surface area contributed by atoms with Gasteiger partial charge in [0, 0.05) is 13.1 Å². The van der Waals surface area contributed by atoms with Gasteiger partial charge in [0.05, 0.1) is 13.2 Å². The molecule has 0 radical (unpaired) electrons. The largest absolute Gasteiger partial charge is 0.494 e. The molecule has 1 aliphatic carbocycles. The molecular weight excluding hydrogens is 250 g/mol. The van der Waals surface area contributed by atoms with Crippen molar-refractivity contribution in [1.29, 1.82) is 0 Å². The summed E-state index contributed by atoms with van der Waals surface area (Å²) in [6, 6.07) is 8.70. The van der Waals surface area contributed by atoms with Crippen molar-refractivity contribution in [2.45, 2.75) is 45.2 Å². The summed E-state index contributed by atoms with van der Waals surface area (Å²) in [6.45, 7) is 3.54. The maximum absolute atomic E-state index is 5.99. The number of guanidine groups is 1. The number of rotatable bonds is 7. The molecule has 1 aliphatic rings. The highest BCUT2D eigenvalue weighted by molar-refractivity contribution is 5.78. The Hall–Kier alpha value is -1.71. The van der Waals surface area contributed by atoms with Crippen LogP contribution in [-0.4, -0.2) is 30.6 Å². The SMILES string of the molecule is CCCCOc1cccc(CN=C(N)N(C)C2CC2)c1. The molecule has 0 aromatic heterocycles. The Bertz CT molecular complexity index is 455. The number of nitrogens with zero attached hydrogens (tertiary/aromatic N) is 2. The van der Waals surface area contributed by atoms with Crippen LogP contribution in [0.4, 0.5) is 0 Å². The lowest BCUT2D eigenvalue weighted by molar-refractivity contribution is 0.309. The van der Waals surface area contributed by atoms with E-state index in [0.29, 0.717) is 18.5 Å². The summed E-state index contributed by atoms with van der Waals surface area (Å²) < 4.78 is 5.70. The molecule has 0 amide bonds. The zero-order valence-corrected chi connectivity index (χ0v) is 12.5. The molecule has 2 rings (SSSR count). The zero-order chi connectivity index (χ0) is 14.4. The Morgan fingerprint density at radius 3 is 2.95 bits per heavy atom. The summed E-state index contributed by atoms with van der Waals surface area (Å²) in [4.78, 5) is 6.53. The number of ether oxygens (including phenoxy) is 1. The summed E-state index contributed by atoms with van der Waals surface area (Å²) in [7, 11) is 2.01. The van der Waals surface area contributed by atoms with Crippen molar-refractivity contribution in [1.82, 2.24) is 4.90 Å². The second-order valence-corrected chi connectivity index (χ2v) is 5.37. The monoisotopic (exact) mass is 275 g/mol. The molecule has 2 N–H and O–H groups in total. The lowest BCUT2D eigenvalue weighted by atomic mass is 10.2. The lowest BCUT2D eigenvalue weighted by Gasteiger charge is -2.16. The van der Waals surface area contributed by atoms with Crippen molar-refractivity contribution in [3.8, 4) is 5.75 Å². The topological polar surface area (TPSA) is 50.9 Å². The average molecular weight is 275 g/mol. The number of hydrogen-bond donors (Lipinski definition) is 1. The molecule has 0 heterocycles. The van der Waals surface area contributed by atoms with E-state index in [1.54, 1.807) is 0 Å². The van der Waals surface area contributed by atoms with Crippen LogP contribution < -0.4 is 10.5 Å². The highest BCUT2D eigenvalue weighted by Crippen LogP contribution is 2.25. The second-order valence-electron chi connectivity index (χ2n) is 5.37. The van der Waals surface area contributed by atoms with Crippen molar-refractivity contribution < 1.29 is 4.74 Å². The first-order valence-corrected chi connectivity index (χ1v) is 7.45. The van der Waals surface area contributed by atoms with Gasteiger partial charge in [0.15, 0.2) is 5.96 Å². The molecule has 0 bridgehead atoms. The number of hydrogen-bond acceptors (Lipinski definition) is 2. The number of nitrogens with two attached hydrogens (primary N) is 1. The Balaban J connectivity index is 1.88. The highest BCUT2D eigenvalue weighted by Gasteiger charge is 2.27. The van der Waals surface area contributed by atoms with Gasteiger partial charge in [0.2, 0.25) is 0 Å². The minimum absolute atomic E-state index is 0.600. The summed E-state index contributed by atoms with van der Waals surface area (Å²) in [6.07, 6.45) is 4.69. The van der Waals surface area contributed by atoms with Crippen molar-refractivity contribution in [2.24, 2.45) is 10.7 Å². The Labute approximate surface area is 121 Å². The van der Waals surface area contributed by atoms with Gasteiger partial charge in [0.1, 0.15) is 5.75 Å². The molecule has 4 heteroatoms. The van der Waals surface area contributed by atoms with Crippen molar-refractivity contribution in [3.63, 3.8) is 0 Å². The molecule has 0 unspecified atom stereocenters. The second kappa shape index (κ2) is 7.17. The minimum atomic E-state index is 0.600. The molecule has 0 saturated heterocycles. The van der Waals surface area contributed by atoms with Crippen LogP contribution in [0.5, 0.6) is 5.75 Å². The first-order valence-electron chi connectivity index (χ1n) is 7.45. The van der Waals surface area contributed by atoms with Gasteiger partial charge >= 0.3 is 0 Å². The minimum Gasteiger partial charge on any atom is -0.494 e. The van der Waals surface area contributed by atoms with E-state index in [2.05, 4.69) is 22.9 Å². The van der Waals surface area contributed by atoms with E-state index in [9.17, 15) is 0 Å². The van der Waals surface area contributed by atoms with E-state index in [4.69, 9.17) is 10.5 Å². The molecule has 0 spiro atoms. The van der Waals surface area contributed by atoms with Gasteiger partial charge in [-0.15, -0.1) is 0 Å². The van der Waals surface area contributed by atoms with Crippen LogP contribution in [0.3, 0.4) is 0 Å². The highest BCUT2D eigenvalue weighted by atomic mass is 16.5.